The number of anilines is 1. The number of esters is 1. The summed E-state index contributed by atoms with van der Waals surface area (Å²) in [6, 6.07) is 18.4. The molecule has 0 aliphatic carbocycles. The third-order valence-electron chi connectivity index (χ3n) is 5.38. The number of fused-ring (bicyclic) bond motifs is 1. The highest BCUT2D eigenvalue weighted by atomic mass is 16.6. The Labute approximate surface area is 170 Å². The first-order valence-electron chi connectivity index (χ1n) is 9.37. The van der Waals surface area contributed by atoms with Gasteiger partial charge in [-0.2, -0.15) is 0 Å². The van der Waals surface area contributed by atoms with Crippen LogP contribution >= 0.6 is 0 Å². The molecule has 1 heterocycles. The molecule has 4 rings (SSSR count). The van der Waals surface area contributed by atoms with Gasteiger partial charge in [-0.05, 0) is 37.3 Å². The number of nitrogens with zero attached hydrogens (tertiary/aromatic N) is 1. The number of rotatable bonds is 4. The molecule has 5 heteroatoms. The fourth-order valence-corrected chi connectivity index (χ4v) is 3.96. The summed E-state index contributed by atoms with van der Waals surface area (Å²) in [6.07, 6.45) is 0. The van der Waals surface area contributed by atoms with Crippen LogP contribution in [0.4, 0.5) is 5.69 Å². The van der Waals surface area contributed by atoms with Crippen LogP contribution in [0.25, 0.3) is 0 Å². The lowest BCUT2D eigenvalue weighted by atomic mass is 9.78. The van der Waals surface area contributed by atoms with Crippen molar-refractivity contribution < 1.29 is 19.4 Å². The Morgan fingerprint density at radius 1 is 0.966 bits per heavy atom. The molecule has 0 spiro atoms. The van der Waals surface area contributed by atoms with E-state index in [1.807, 2.05) is 68.4 Å². The number of aromatic hydroxyl groups is 1. The number of hydrogen-bond donors (Lipinski definition) is 1. The Hall–Kier alpha value is -3.47. The summed E-state index contributed by atoms with van der Waals surface area (Å²) in [5.74, 6) is 0.195. The van der Waals surface area contributed by atoms with Gasteiger partial charge < -0.3 is 19.5 Å². The van der Waals surface area contributed by atoms with Crippen molar-refractivity contribution in [3.05, 3.63) is 88.5 Å². The monoisotopic (exact) mass is 389 g/mol. The van der Waals surface area contributed by atoms with Crippen molar-refractivity contribution in [3.8, 4) is 11.5 Å². The van der Waals surface area contributed by atoms with Gasteiger partial charge in [0.2, 0.25) is 0 Å². The van der Waals surface area contributed by atoms with Crippen molar-refractivity contribution in [1.29, 1.82) is 0 Å². The molecule has 1 aliphatic heterocycles. The zero-order valence-electron chi connectivity index (χ0n) is 16.9. The van der Waals surface area contributed by atoms with Gasteiger partial charge in [-0.15, -0.1) is 0 Å². The molecule has 0 radical (unpaired) electrons. The minimum atomic E-state index is -1.31. The van der Waals surface area contributed by atoms with Crippen molar-refractivity contribution in [3.63, 3.8) is 0 Å². The first-order chi connectivity index (χ1) is 13.9. The second-order valence-electron chi connectivity index (χ2n) is 7.42. The lowest BCUT2D eigenvalue weighted by Gasteiger charge is -2.32. The van der Waals surface area contributed by atoms with Gasteiger partial charge >= 0.3 is 5.97 Å². The highest BCUT2D eigenvalue weighted by Crippen LogP contribution is 2.52. The molecule has 0 fully saturated rings. The van der Waals surface area contributed by atoms with Crippen LogP contribution in [0.15, 0.2) is 60.7 Å². The second-order valence-corrected chi connectivity index (χ2v) is 7.42. The first kappa shape index (κ1) is 18.9. The number of carbonyl (C=O) groups excluding carboxylic acids is 1. The fourth-order valence-electron chi connectivity index (χ4n) is 3.96. The molecule has 29 heavy (non-hydrogen) atoms. The van der Waals surface area contributed by atoms with E-state index in [1.165, 1.54) is 0 Å². The van der Waals surface area contributed by atoms with Crippen LogP contribution in [0.2, 0.25) is 0 Å². The van der Waals surface area contributed by atoms with Gasteiger partial charge in [-0.25, -0.2) is 4.79 Å². The Morgan fingerprint density at radius 2 is 1.72 bits per heavy atom. The molecule has 1 unspecified atom stereocenters. The maximum absolute atomic E-state index is 12.8. The molecule has 0 aromatic heterocycles. The van der Waals surface area contributed by atoms with Gasteiger partial charge in [0.15, 0.2) is 5.60 Å². The zero-order chi connectivity index (χ0) is 20.8. The largest absolute Gasteiger partial charge is 0.507 e. The van der Waals surface area contributed by atoms with Crippen molar-refractivity contribution >= 4 is 11.7 Å². The van der Waals surface area contributed by atoms with Gasteiger partial charge in [0.25, 0.3) is 0 Å². The van der Waals surface area contributed by atoms with Gasteiger partial charge in [-0.1, -0.05) is 29.8 Å². The van der Waals surface area contributed by atoms with Crippen LogP contribution in [0.3, 0.4) is 0 Å². The fraction of sp³-hybridized carbons (Fsp3) is 0.208. The van der Waals surface area contributed by atoms with Crippen molar-refractivity contribution in [1.82, 2.24) is 0 Å². The lowest BCUT2D eigenvalue weighted by molar-refractivity contribution is 0.0239. The topological polar surface area (TPSA) is 59.0 Å². The van der Waals surface area contributed by atoms with Gasteiger partial charge in [-0.3, -0.25) is 0 Å². The maximum atomic E-state index is 12.8. The lowest BCUT2D eigenvalue weighted by Crippen LogP contribution is -2.30. The van der Waals surface area contributed by atoms with Crippen LogP contribution in [0.1, 0.15) is 32.6 Å². The van der Waals surface area contributed by atoms with E-state index in [2.05, 4.69) is 0 Å². The van der Waals surface area contributed by atoms with E-state index in [9.17, 15) is 9.90 Å². The summed E-state index contributed by atoms with van der Waals surface area (Å²) in [4.78, 5) is 14.7. The zero-order valence-corrected chi connectivity index (χ0v) is 16.9. The number of benzene rings is 3. The van der Waals surface area contributed by atoms with Gasteiger partial charge in [0.05, 0.1) is 12.7 Å². The van der Waals surface area contributed by atoms with Gasteiger partial charge in [0, 0.05) is 42.5 Å². The molecule has 1 aliphatic rings. The molecule has 0 saturated carbocycles. The summed E-state index contributed by atoms with van der Waals surface area (Å²) < 4.78 is 11.7. The second kappa shape index (κ2) is 6.85. The van der Waals surface area contributed by atoms with E-state index in [0.29, 0.717) is 28.0 Å². The predicted octanol–water partition coefficient (Wildman–Crippen LogP) is 4.24. The summed E-state index contributed by atoms with van der Waals surface area (Å²) in [6.45, 7) is 1.97. The molecule has 0 saturated heterocycles. The predicted molar refractivity (Wildman–Crippen MR) is 112 cm³/mol. The van der Waals surface area contributed by atoms with E-state index in [1.54, 1.807) is 25.3 Å². The third kappa shape index (κ3) is 2.81. The molecule has 1 N–H and O–H groups in total. The molecule has 148 valence electrons. The van der Waals surface area contributed by atoms with Crippen molar-refractivity contribution in [2.75, 3.05) is 26.1 Å². The Kier molecular flexibility index (Phi) is 4.46. The molecule has 1 atom stereocenters. The van der Waals surface area contributed by atoms with E-state index >= 15 is 0 Å². The van der Waals surface area contributed by atoms with Crippen LogP contribution < -0.4 is 9.64 Å². The third-order valence-corrected chi connectivity index (χ3v) is 5.38. The molecule has 0 bridgehead atoms. The number of aryl methyl sites for hydroxylation is 1. The summed E-state index contributed by atoms with van der Waals surface area (Å²) in [5.41, 5.74) is 2.85. The van der Waals surface area contributed by atoms with Crippen LogP contribution in [0.5, 0.6) is 11.5 Å². The SMILES string of the molecule is COc1ccc(C)cc1C1(c2ccc(N(C)C)cc2O)OC(=O)c2ccccc21. The van der Waals surface area contributed by atoms with E-state index in [4.69, 9.17) is 9.47 Å². The minimum Gasteiger partial charge on any atom is -0.507 e. The first-order valence-corrected chi connectivity index (χ1v) is 9.37. The number of phenolic OH excluding ortho intramolecular Hbond substituents is 1. The standard InChI is InChI=1S/C24H23NO4/c1-15-9-12-22(28-4)20(13-15)24(18-8-6-5-7-17(18)23(27)29-24)19-11-10-16(25(2)3)14-21(19)26/h5-14,26H,1-4H3. The summed E-state index contributed by atoms with van der Waals surface area (Å²) in [7, 11) is 5.39. The van der Waals surface area contributed by atoms with Crippen molar-refractivity contribution in [2.45, 2.75) is 12.5 Å². The number of carbonyl (C=O) groups is 1. The van der Waals surface area contributed by atoms with Crippen LogP contribution in [0, 0.1) is 6.92 Å². The molecule has 3 aromatic carbocycles. The quantitative estimate of drug-likeness (QED) is 0.677. The summed E-state index contributed by atoms with van der Waals surface area (Å²) >= 11 is 0. The maximum Gasteiger partial charge on any atom is 0.340 e. The van der Waals surface area contributed by atoms with E-state index in [-0.39, 0.29) is 5.75 Å². The highest BCUT2D eigenvalue weighted by molar-refractivity contribution is 5.96. The molecule has 5 nitrogen and oxygen atoms in total. The minimum absolute atomic E-state index is 0.0456. The van der Waals surface area contributed by atoms with Crippen LogP contribution in [-0.4, -0.2) is 32.3 Å². The summed E-state index contributed by atoms with van der Waals surface area (Å²) in [5, 5.41) is 11.0. The van der Waals surface area contributed by atoms with Gasteiger partial charge in [0.1, 0.15) is 11.5 Å². The molecular formula is C24H23NO4. The number of phenols is 1. The number of methoxy groups -OCH3 is 1. The highest BCUT2D eigenvalue weighted by Gasteiger charge is 2.51. The normalized spacial score (nSPS) is 17.6. The smallest absolute Gasteiger partial charge is 0.340 e. The Balaban J connectivity index is 2.09. The molecular weight excluding hydrogens is 366 g/mol. The van der Waals surface area contributed by atoms with Crippen LogP contribution in [-0.2, 0) is 10.3 Å². The molecule has 3 aromatic rings. The van der Waals surface area contributed by atoms with E-state index < -0.39 is 11.6 Å². The Morgan fingerprint density at radius 3 is 2.41 bits per heavy atom. The number of ether oxygens (including phenoxy) is 2. The average molecular weight is 389 g/mol. The number of hydrogen-bond acceptors (Lipinski definition) is 5. The van der Waals surface area contributed by atoms with Crippen molar-refractivity contribution in [2.24, 2.45) is 0 Å². The number of cyclic esters (lactones) is 1. The van der Waals surface area contributed by atoms with E-state index in [0.717, 1.165) is 11.3 Å². The average Bonchev–Trinajstić information content (AvgIpc) is 3.01. The Bertz CT molecular complexity index is 1110. The molecule has 0 amide bonds.